The highest BCUT2D eigenvalue weighted by Crippen LogP contribution is 2.23. The topological polar surface area (TPSA) is 82.0 Å². The summed E-state index contributed by atoms with van der Waals surface area (Å²) in [7, 11) is 0. The molecular weight excluding hydrogens is 246 g/mol. The Bertz CT molecular complexity index is 451. The zero-order valence-electron chi connectivity index (χ0n) is 11.4. The van der Waals surface area contributed by atoms with Crippen LogP contribution in [0.5, 0.6) is 0 Å². The Kier molecular flexibility index (Phi) is 4.10. The number of hydrogen-bond donors (Lipinski definition) is 4. The smallest absolute Gasteiger partial charge is 0.157 e. The number of ether oxygens (including phenoxy) is 1. The van der Waals surface area contributed by atoms with E-state index < -0.39 is 30.6 Å². The second kappa shape index (κ2) is 5.46. The fourth-order valence-electron chi connectivity index (χ4n) is 2.17. The van der Waals surface area contributed by atoms with Crippen molar-refractivity contribution in [1.29, 1.82) is 0 Å². The van der Waals surface area contributed by atoms with E-state index in [2.05, 4.69) is 5.32 Å². The van der Waals surface area contributed by atoms with Crippen molar-refractivity contribution in [3.63, 3.8) is 0 Å². The van der Waals surface area contributed by atoms with Crippen LogP contribution in [-0.4, -0.2) is 46.0 Å². The number of aliphatic hydroxyl groups is 3. The molecule has 1 aliphatic heterocycles. The Morgan fingerprint density at radius 1 is 1.00 bits per heavy atom. The number of aliphatic hydroxyl groups excluding tert-OH is 3. The summed E-state index contributed by atoms with van der Waals surface area (Å²) in [4.78, 5) is 0. The Morgan fingerprint density at radius 3 is 2.32 bits per heavy atom. The van der Waals surface area contributed by atoms with E-state index in [9.17, 15) is 15.3 Å². The largest absolute Gasteiger partial charge is 0.388 e. The molecule has 1 heterocycles. The summed E-state index contributed by atoms with van der Waals surface area (Å²) in [6, 6.07) is 5.82. The van der Waals surface area contributed by atoms with Crippen molar-refractivity contribution in [2.75, 3.05) is 5.32 Å². The molecule has 0 amide bonds. The van der Waals surface area contributed by atoms with Gasteiger partial charge in [0.15, 0.2) is 6.23 Å². The number of benzene rings is 1. The minimum Gasteiger partial charge on any atom is -0.388 e. The van der Waals surface area contributed by atoms with E-state index in [0.29, 0.717) is 0 Å². The van der Waals surface area contributed by atoms with Gasteiger partial charge in [-0.25, -0.2) is 0 Å². The van der Waals surface area contributed by atoms with Crippen LogP contribution in [-0.2, 0) is 4.74 Å². The van der Waals surface area contributed by atoms with Gasteiger partial charge in [0.05, 0.1) is 6.10 Å². The quantitative estimate of drug-likeness (QED) is 0.629. The molecule has 0 radical (unpaired) electrons. The van der Waals surface area contributed by atoms with Crippen LogP contribution in [0, 0.1) is 13.8 Å². The first-order valence-corrected chi connectivity index (χ1v) is 6.43. The number of nitrogens with one attached hydrogen (secondary N) is 1. The highest BCUT2D eigenvalue weighted by molar-refractivity contribution is 5.48. The van der Waals surface area contributed by atoms with Gasteiger partial charge in [-0.2, -0.15) is 0 Å². The molecule has 0 spiro atoms. The molecule has 0 aliphatic carbocycles. The van der Waals surface area contributed by atoms with Gasteiger partial charge in [0.1, 0.15) is 18.3 Å². The molecule has 0 bridgehead atoms. The molecule has 2 rings (SSSR count). The molecule has 1 aromatic carbocycles. The number of anilines is 1. The molecule has 1 aliphatic rings. The number of aryl methyl sites for hydroxylation is 2. The standard InChI is InChI=1S/C14H21NO4/c1-7-4-5-10(6-8(7)2)15-14-13(18)12(17)11(16)9(3)19-14/h4-6,9,11-18H,1-3H3/t9-,11+,12+,13+,14+/m0/s1. The normalized spacial score (nSPS) is 35.2. The van der Waals surface area contributed by atoms with E-state index in [1.807, 2.05) is 32.0 Å². The first kappa shape index (κ1) is 14.3. The highest BCUT2D eigenvalue weighted by Gasteiger charge is 2.41. The van der Waals surface area contributed by atoms with Crippen molar-refractivity contribution in [3.8, 4) is 0 Å². The summed E-state index contributed by atoms with van der Waals surface area (Å²) in [6.45, 7) is 5.68. The second-order valence-electron chi connectivity index (χ2n) is 5.18. The Hall–Kier alpha value is -1.14. The summed E-state index contributed by atoms with van der Waals surface area (Å²) in [5.41, 5.74) is 3.12. The summed E-state index contributed by atoms with van der Waals surface area (Å²) >= 11 is 0. The average Bonchev–Trinajstić information content (AvgIpc) is 2.38. The van der Waals surface area contributed by atoms with Gasteiger partial charge in [-0.3, -0.25) is 0 Å². The van der Waals surface area contributed by atoms with Crippen molar-refractivity contribution < 1.29 is 20.1 Å². The molecule has 19 heavy (non-hydrogen) atoms. The van der Waals surface area contributed by atoms with Gasteiger partial charge in [-0.15, -0.1) is 0 Å². The molecular formula is C14H21NO4. The zero-order valence-corrected chi connectivity index (χ0v) is 11.4. The maximum atomic E-state index is 9.91. The molecule has 5 atom stereocenters. The van der Waals surface area contributed by atoms with Crippen LogP contribution in [0.1, 0.15) is 18.1 Å². The first-order valence-electron chi connectivity index (χ1n) is 6.43. The third-order valence-corrected chi connectivity index (χ3v) is 3.67. The van der Waals surface area contributed by atoms with Crippen LogP contribution >= 0.6 is 0 Å². The highest BCUT2D eigenvalue weighted by atomic mass is 16.5. The van der Waals surface area contributed by atoms with E-state index in [4.69, 9.17) is 4.74 Å². The first-order chi connectivity index (χ1) is 8.90. The third kappa shape index (κ3) is 2.90. The zero-order chi connectivity index (χ0) is 14.2. The van der Waals surface area contributed by atoms with Gasteiger partial charge in [0.2, 0.25) is 0 Å². The van der Waals surface area contributed by atoms with E-state index in [0.717, 1.165) is 11.3 Å². The summed E-state index contributed by atoms with van der Waals surface area (Å²) < 4.78 is 5.48. The lowest BCUT2D eigenvalue weighted by Gasteiger charge is -2.39. The molecule has 4 N–H and O–H groups in total. The van der Waals surface area contributed by atoms with Gasteiger partial charge in [0, 0.05) is 5.69 Å². The lowest BCUT2D eigenvalue weighted by Crippen LogP contribution is -2.58. The fourth-order valence-corrected chi connectivity index (χ4v) is 2.17. The van der Waals surface area contributed by atoms with E-state index in [1.165, 1.54) is 5.56 Å². The summed E-state index contributed by atoms with van der Waals surface area (Å²) in [6.07, 6.45) is -4.74. The minimum absolute atomic E-state index is 0.539. The summed E-state index contributed by atoms with van der Waals surface area (Å²) in [5.74, 6) is 0. The molecule has 1 aromatic rings. The predicted octanol–water partition coefficient (Wildman–Crippen LogP) is 0.543. The summed E-state index contributed by atoms with van der Waals surface area (Å²) in [5, 5.41) is 32.3. The average molecular weight is 267 g/mol. The van der Waals surface area contributed by atoms with E-state index in [1.54, 1.807) is 6.92 Å². The van der Waals surface area contributed by atoms with E-state index >= 15 is 0 Å². The van der Waals surface area contributed by atoms with Gasteiger partial charge in [-0.1, -0.05) is 6.07 Å². The van der Waals surface area contributed by atoms with Crippen molar-refractivity contribution in [3.05, 3.63) is 29.3 Å². The molecule has 5 heteroatoms. The molecule has 1 saturated heterocycles. The van der Waals surface area contributed by atoms with Crippen molar-refractivity contribution in [2.24, 2.45) is 0 Å². The van der Waals surface area contributed by atoms with Crippen LogP contribution < -0.4 is 5.32 Å². The second-order valence-corrected chi connectivity index (χ2v) is 5.18. The Balaban J connectivity index is 2.11. The van der Waals surface area contributed by atoms with Crippen LogP contribution in [0.2, 0.25) is 0 Å². The van der Waals surface area contributed by atoms with E-state index in [-0.39, 0.29) is 0 Å². The molecule has 0 aromatic heterocycles. The molecule has 106 valence electrons. The van der Waals surface area contributed by atoms with Crippen molar-refractivity contribution >= 4 is 5.69 Å². The van der Waals surface area contributed by atoms with Crippen LogP contribution in [0.4, 0.5) is 5.69 Å². The predicted molar refractivity (Wildman–Crippen MR) is 71.9 cm³/mol. The fraction of sp³-hybridized carbons (Fsp3) is 0.571. The van der Waals surface area contributed by atoms with Crippen LogP contribution in [0.25, 0.3) is 0 Å². The third-order valence-electron chi connectivity index (χ3n) is 3.67. The van der Waals surface area contributed by atoms with Crippen molar-refractivity contribution in [1.82, 2.24) is 0 Å². The van der Waals surface area contributed by atoms with Gasteiger partial charge < -0.3 is 25.4 Å². The van der Waals surface area contributed by atoms with Gasteiger partial charge >= 0.3 is 0 Å². The van der Waals surface area contributed by atoms with Gasteiger partial charge in [0.25, 0.3) is 0 Å². The Morgan fingerprint density at radius 2 is 1.68 bits per heavy atom. The Labute approximate surface area is 112 Å². The van der Waals surface area contributed by atoms with Crippen molar-refractivity contribution in [2.45, 2.75) is 51.4 Å². The molecule has 0 unspecified atom stereocenters. The number of rotatable bonds is 2. The lowest BCUT2D eigenvalue weighted by atomic mass is 9.99. The van der Waals surface area contributed by atoms with Crippen LogP contribution in [0.3, 0.4) is 0 Å². The minimum atomic E-state index is -1.22. The lowest BCUT2D eigenvalue weighted by molar-refractivity contribution is -0.209. The number of hydrogen-bond acceptors (Lipinski definition) is 5. The molecule has 5 nitrogen and oxygen atoms in total. The molecule has 1 fully saturated rings. The van der Waals surface area contributed by atoms with Crippen LogP contribution in [0.15, 0.2) is 18.2 Å². The SMILES string of the molecule is Cc1ccc(N[C@@H]2O[C@@H](C)[C@@H](O)[C@@H](O)[C@H]2O)cc1C. The van der Waals surface area contributed by atoms with Gasteiger partial charge in [-0.05, 0) is 44.0 Å². The maximum Gasteiger partial charge on any atom is 0.157 e. The monoisotopic (exact) mass is 267 g/mol. The maximum absolute atomic E-state index is 9.91. The molecule has 0 saturated carbocycles.